The van der Waals surface area contributed by atoms with Crippen LogP contribution in [0, 0.1) is 5.82 Å². The van der Waals surface area contributed by atoms with Crippen molar-refractivity contribution in [1.29, 1.82) is 0 Å². The van der Waals surface area contributed by atoms with Gasteiger partial charge in [-0.3, -0.25) is 9.78 Å². The van der Waals surface area contributed by atoms with Gasteiger partial charge >= 0.3 is 5.97 Å². The van der Waals surface area contributed by atoms with Gasteiger partial charge < -0.3 is 9.47 Å². The van der Waals surface area contributed by atoms with Crippen LogP contribution in [0.15, 0.2) is 72.1 Å². The summed E-state index contributed by atoms with van der Waals surface area (Å²) in [4.78, 5) is 28.0. The first-order chi connectivity index (χ1) is 14.1. The summed E-state index contributed by atoms with van der Waals surface area (Å²) in [6, 6.07) is 13.1. The highest BCUT2D eigenvalue weighted by molar-refractivity contribution is 5.95. The Morgan fingerprint density at radius 1 is 1.07 bits per heavy atom. The Hall–Kier alpha value is -4.07. The number of halogens is 1. The topological polar surface area (TPSA) is 89.9 Å². The number of amides is 1. The summed E-state index contributed by atoms with van der Waals surface area (Å²) < 4.78 is 23.5. The van der Waals surface area contributed by atoms with Gasteiger partial charge in [0.1, 0.15) is 5.82 Å². The molecule has 0 aliphatic rings. The van der Waals surface area contributed by atoms with E-state index in [2.05, 4.69) is 15.5 Å². The molecule has 0 saturated carbocycles. The van der Waals surface area contributed by atoms with Crippen LogP contribution < -0.4 is 14.9 Å². The maximum atomic E-state index is 12.9. The van der Waals surface area contributed by atoms with Crippen molar-refractivity contribution in [2.75, 3.05) is 7.11 Å². The van der Waals surface area contributed by atoms with Crippen molar-refractivity contribution >= 4 is 18.1 Å². The number of rotatable bonds is 6. The molecule has 0 fully saturated rings. The van der Waals surface area contributed by atoms with E-state index < -0.39 is 17.7 Å². The van der Waals surface area contributed by atoms with E-state index in [1.165, 1.54) is 43.8 Å². The lowest BCUT2D eigenvalue weighted by atomic mass is 10.2. The SMILES string of the molecule is COc1cc(/C=N/NC(=O)c2ccc(F)cc2)ccc1OC(=O)c1cccnc1. The number of ether oxygens (including phenoxy) is 2. The molecule has 7 nitrogen and oxygen atoms in total. The smallest absolute Gasteiger partial charge is 0.345 e. The zero-order valence-corrected chi connectivity index (χ0v) is 15.3. The minimum Gasteiger partial charge on any atom is -0.493 e. The van der Waals surface area contributed by atoms with Crippen molar-refractivity contribution in [3.05, 3.63) is 89.5 Å². The van der Waals surface area contributed by atoms with Crippen LogP contribution in [0.25, 0.3) is 0 Å². The van der Waals surface area contributed by atoms with E-state index in [4.69, 9.17) is 9.47 Å². The molecule has 3 aromatic rings. The lowest BCUT2D eigenvalue weighted by Gasteiger charge is -2.09. The fraction of sp³-hybridized carbons (Fsp3) is 0.0476. The standard InChI is InChI=1S/C21H16FN3O4/c1-28-19-11-14(12-24-25-20(26)15-5-7-17(22)8-6-15)4-9-18(19)29-21(27)16-3-2-10-23-13-16/h2-13H,1H3,(H,25,26)/b24-12+. The zero-order chi connectivity index (χ0) is 20.6. The molecular weight excluding hydrogens is 377 g/mol. The van der Waals surface area contributed by atoms with E-state index in [0.717, 1.165) is 0 Å². The normalized spacial score (nSPS) is 10.6. The van der Waals surface area contributed by atoms with Crippen LogP contribution in [0.4, 0.5) is 4.39 Å². The second kappa shape index (κ2) is 9.23. The molecule has 0 unspecified atom stereocenters. The van der Waals surface area contributed by atoms with Crippen molar-refractivity contribution in [1.82, 2.24) is 10.4 Å². The third-order valence-corrected chi connectivity index (χ3v) is 3.77. The number of benzene rings is 2. The highest BCUT2D eigenvalue weighted by atomic mass is 19.1. The summed E-state index contributed by atoms with van der Waals surface area (Å²) in [5.41, 5.74) is 3.53. The molecule has 0 aliphatic carbocycles. The summed E-state index contributed by atoms with van der Waals surface area (Å²) in [5, 5.41) is 3.86. The number of nitrogens with zero attached hydrogens (tertiary/aromatic N) is 2. The van der Waals surface area contributed by atoms with Crippen molar-refractivity contribution < 1.29 is 23.5 Å². The van der Waals surface area contributed by atoms with Crippen LogP contribution in [0.2, 0.25) is 0 Å². The molecule has 0 aliphatic heterocycles. The maximum Gasteiger partial charge on any atom is 0.345 e. The fourth-order valence-electron chi connectivity index (χ4n) is 2.32. The number of methoxy groups -OCH3 is 1. The molecule has 3 rings (SSSR count). The van der Waals surface area contributed by atoms with Gasteiger partial charge in [-0.05, 0) is 60.2 Å². The van der Waals surface area contributed by atoms with Crippen LogP contribution in [0.3, 0.4) is 0 Å². The molecule has 146 valence electrons. The van der Waals surface area contributed by atoms with Gasteiger partial charge in [-0.1, -0.05) is 0 Å². The van der Waals surface area contributed by atoms with Gasteiger partial charge in [0.05, 0.1) is 18.9 Å². The van der Waals surface area contributed by atoms with Crippen LogP contribution in [-0.4, -0.2) is 30.2 Å². The van der Waals surface area contributed by atoms with Crippen LogP contribution in [0.1, 0.15) is 26.3 Å². The molecule has 0 radical (unpaired) electrons. The largest absolute Gasteiger partial charge is 0.493 e. The predicted molar refractivity (Wildman–Crippen MR) is 104 cm³/mol. The molecule has 29 heavy (non-hydrogen) atoms. The Morgan fingerprint density at radius 3 is 2.55 bits per heavy atom. The first-order valence-corrected chi connectivity index (χ1v) is 8.46. The Morgan fingerprint density at radius 2 is 1.86 bits per heavy atom. The van der Waals surface area contributed by atoms with Gasteiger partial charge in [-0.25, -0.2) is 14.6 Å². The molecular formula is C21H16FN3O4. The number of nitrogens with one attached hydrogen (secondary N) is 1. The Kier molecular flexibility index (Phi) is 6.26. The quantitative estimate of drug-likeness (QED) is 0.301. The maximum absolute atomic E-state index is 12.9. The summed E-state index contributed by atoms with van der Waals surface area (Å²) in [7, 11) is 1.44. The summed E-state index contributed by atoms with van der Waals surface area (Å²) in [5.74, 6) is -0.925. The lowest BCUT2D eigenvalue weighted by Crippen LogP contribution is -2.17. The van der Waals surface area contributed by atoms with Crippen molar-refractivity contribution in [2.45, 2.75) is 0 Å². The second-order valence-corrected chi connectivity index (χ2v) is 5.75. The number of hydrazone groups is 1. The molecule has 0 spiro atoms. The van der Waals surface area contributed by atoms with Gasteiger partial charge in [0, 0.05) is 18.0 Å². The monoisotopic (exact) mass is 393 g/mol. The second-order valence-electron chi connectivity index (χ2n) is 5.75. The summed E-state index contributed by atoms with van der Waals surface area (Å²) in [6.07, 6.45) is 4.36. The third kappa shape index (κ3) is 5.23. The first-order valence-electron chi connectivity index (χ1n) is 8.46. The predicted octanol–water partition coefficient (Wildman–Crippen LogP) is 3.21. The first kappa shape index (κ1) is 19.7. The van der Waals surface area contributed by atoms with E-state index in [0.29, 0.717) is 16.9 Å². The summed E-state index contributed by atoms with van der Waals surface area (Å²) >= 11 is 0. The number of pyridine rings is 1. The minimum atomic E-state index is -0.565. The van der Waals surface area contributed by atoms with E-state index in [9.17, 15) is 14.0 Å². The van der Waals surface area contributed by atoms with E-state index >= 15 is 0 Å². The highest BCUT2D eigenvalue weighted by Crippen LogP contribution is 2.28. The minimum absolute atomic E-state index is 0.230. The average Bonchev–Trinajstić information content (AvgIpc) is 2.75. The van der Waals surface area contributed by atoms with E-state index in [1.807, 2.05) is 0 Å². The van der Waals surface area contributed by atoms with Crippen molar-refractivity contribution in [2.24, 2.45) is 5.10 Å². The lowest BCUT2D eigenvalue weighted by molar-refractivity contribution is 0.0729. The Bertz CT molecular complexity index is 1040. The van der Waals surface area contributed by atoms with E-state index in [1.54, 1.807) is 36.5 Å². The average molecular weight is 393 g/mol. The number of carbonyl (C=O) groups is 2. The highest BCUT2D eigenvalue weighted by Gasteiger charge is 2.13. The van der Waals surface area contributed by atoms with Crippen LogP contribution >= 0.6 is 0 Å². The fourth-order valence-corrected chi connectivity index (χ4v) is 2.32. The zero-order valence-electron chi connectivity index (χ0n) is 15.3. The van der Waals surface area contributed by atoms with Gasteiger partial charge in [-0.2, -0.15) is 5.10 Å². The molecule has 0 atom stereocenters. The number of esters is 1. The summed E-state index contributed by atoms with van der Waals surface area (Å²) in [6.45, 7) is 0. The van der Waals surface area contributed by atoms with Gasteiger partial charge in [0.25, 0.3) is 5.91 Å². The molecule has 1 amide bonds. The Labute approximate surface area is 165 Å². The number of carbonyl (C=O) groups excluding carboxylic acids is 2. The number of hydrogen-bond donors (Lipinski definition) is 1. The molecule has 0 saturated heterocycles. The Balaban J connectivity index is 1.66. The van der Waals surface area contributed by atoms with Crippen LogP contribution in [0.5, 0.6) is 11.5 Å². The molecule has 1 heterocycles. The number of aromatic nitrogens is 1. The molecule has 0 bridgehead atoms. The molecule has 2 aromatic carbocycles. The number of hydrogen-bond acceptors (Lipinski definition) is 6. The molecule has 8 heteroatoms. The van der Waals surface area contributed by atoms with Gasteiger partial charge in [0.2, 0.25) is 0 Å². The van der Waals surface area contributed by atoms with Crippen molar-refractivity contribution in [3.8, 4) is 11.5 Å². The van der Waals surface area contributed by atoms with Crippen LogP contribution in [-0.2, 0) is 0 Å². The van der Waals surface area contributed by atoms with E-state index in [-0.39, 0.29) is 11.3 Å². The molecule has 1 N–H and O–H groups in total. The van der Waals surface area contributed by atoms with Gasteiger partial charge in [0.15, 0.2) is 11.5 Å². The third-order valence-electron chi connectivity index (χ3n) is 3.77. The molecule has 1 aromatic heterocycles. The van der Waals surface area contributed by atoms with Crippen molar-refractivity contribution in [3.63, 3.8) is 0 Å². The van der Waals surface area contributed by atoms with Gasteiger partial charge in [-0.15, -0.1) is 0 Å².